The second-order valence-corrected chi connectivity index (χ2v) is 8.50. The predicted molar refractivity (Wildman–Crippen MR) is 118 cm³/mol. The SMILES string of the molecule is CC(C)C(NC(=O)c1ccc(Cl)cc1)C(=O)N1CCN(c2cccc(C(F)(F)F)c2)CC1. The van der Waals surface area contributed by atoms with E-state index < -0.39 is 17.8 Å². The zero-order valence-corrected chi connectivity index (χ0v) is 18.6. The molecule has 0 bridgehead atoms. The lowest BCUT2D eigenvalue weighted by Gasteiger charge is -2.38. The molecule has 2 aromatic carbocycles. The highest BCUT2D eigenvalue weighted by atomic mass is 35.5. The normalized spacial score (nSPS) is 15.6. The van der Waals surface area contributed by atoms with E-state index in [4.69, 9.17) is 11.6 Å². The molecule has 0 saturated carbocycles. The number of carbonyl (C=O) groups is 2. The summed E-state index contributed by atoms with van der Waals surface area (Å²) in [6.07, 6.45) is -4.40. The molecule has 1 saturated heterocycles. The molecule has 3 rings (SSSR count). The highest BCUT2D eigenvalue weighted by molar-refractivity contribution is 6.30. The smallest absolute Gasteiger partial charge is 0.368 e. The van der Waals surface area contributed by atoms with Gasteiger partial charge in [-0.3, -0.25) is 9.59 Å². The summed E-state index contributed by atoms with van der Waals surface area (Å²) in [5.41, 5.74) is 0.184. The van der Waals surface area contributed by atoms with Crippen LogP contribution >= 0.6 is 11.6 Å². The van der Waals surface area contributed by atoms with Crippen molar-refractivity contribution in [2.24, 2.45) is 5.92 Å². The maximum absolute atomic E-state index is 13.1. The Kier molecular flexibility index (Phi) is 7.33. The molecule has 2 aromatic rings. The number of benzene rings is 2. The summed E-state index contributed by atoms with van der Waals surface area (Å²) < 4.78 is 39.0. The Morgan fingerprint density at radius 3 is 2.19 bits per heavy atom. The molecule has 0 radical (unpaired) electrons. The number of halogens is 4. The third-order valence-electron chi connectivity index (χ3n) is 5.46. The zero-order valence-electron chi connectivity index (χ0n) is 17.8. The minimum absolute atomic E-state index is 0.139. The van der Waals surface area contributed by atoms with Crippen molar-refractivity contribution in [3.63, 3.8) is 0 Å². The fraction of sp³-hybridized carbons (Fsp3) is 0.391. The lowest BCUT2D eigenvalue weighted by atomic mass is 10.0. The number of rotatable bonds is 5. The van der Waals surface area contributed by atoms with Gasteiger partial charge in [0.25, 0.3) is 5.91 Å². The van der Waals surface area contributed by atoms with Crippen molar-refractivity contribution in [3.8, 4) is 0 Å². The Labute approximate surface area is 190 Å². The fourth-order valence-electron chi connectivity index (χ4n) is 3.60. The molecule has 2 amide bonds. The summed E-state index contributed by atoms with van der Waals surface area (Å²) >= 11 is 5.86. The van der Waals surface area contributed by atoms with Crippen LogP contribution in [0.15, 0.2) is 48.5 Å². The Morgan fingerprint density at radius 1 is 1.00 bits per heavy atom. The molecule has 0 spiro atoms. The van der Waals surface area contributed by atoms with Gasteiger partial charge in [0.1, 0.15) is 6.04 Å². The largest absolute Gasteiger partial charge is 0.416 e. The topological polar surface area (TPSA) is 52.7 Å². The first kappa shape index (κ1) is 23.9. The van der Waals surface area contributed by atoms with E-state index in [1.54, 1.807) is 35.2 Å². The first-order chi connectivity index (χ1) is 15.1. The predicted octanol–water partition coefficient (Wildman–Crippen LogP) is 4.46. The second-order valence-electron chi connectivity index (χ2n) is 8.06. The first-order valence-corrected chi connectivity index (χ1v) is 10.7. The van der Waals surface area contributed by atoms with Gasteiger partial charge in [-0.05, 0) is 48.4 Å². The Morgan fingerprint density at radius 2 is 1.62 bits per heavy atom. The number of carbonyl (C=O) groups excluding carboxylic acids is 2. The molecular formula is C23H25ClF3N3O2. The molecule has 0 aromatic heterocycles. The van der Waals surface area contributed by atoms with Crippen molar-refractivity contribution in [3.05, 3.63) is 64.7 Å². The average molecular weight is 468 g/mol. The third kappa shape index (κ3) is 5.73. The van der Waals surface area contributed by atoms with Crippen LogP contribution in [0.4, 0.5) is 18.9 Å². The van der Waals surface area contributed by atoms with Gasteiger partial charge >= 0.3 is 6.18 Å². The van der Waals surface area contributed by atoms with E-state index in [9.17, 15) is 22.8 Å². The van der Waals surface area contributed by atoms with E-state index in [2.05, 4.69) is 5.32 Å². The molecule has 1 heterocycles. The highest BCUT2D eigenvalue weighted by Crippen LogP contribution is 2.32. The minimum Gasteiger partial charge on any atom is -0.368 e. The Bertz CT molecular complexity index is 956. The molecule has 32 heavy (non-hydrogen) atoms. The first-order valence-electron chi connectivity index (χ1n) is 10.3. The average Bonchev–Trinajstić information content (AvgIpc) is 2.77. The number of alkyl halides is 3. The maximum Gasteiger partial charge on any atom is 0.416 e. The molecule has 0 aliphatic carbocycles. The van der Waals surface area contributed by atoms with Crippen molar-refractivity contribution in [2.45, 2.75) is 26.1 Å². The van der Waals surface area contributed by atoms with E-state index in [1.165, 1.54) is 6.07 Å². The molecule has 1 aliphatic heterocycles. The van der Waals surface area contributed by atoms with Gasteiger partial charge in [-0.1, -0.05) is 31.5 Å². The van der Waals surface area contributed by atoms with Crippen LogP contribution in [0, 0.1) is 5.92 Å². The second kappa shape index (κ2) is 9.81. The van der Waals surface area contributed by atoms with E-state index in [-0.39, 0.29) is 17.7 Å². The lowest BCUT2D eigenvalue weighted by Crippen LogP contribution is -2.56. The molecular weight excluding hydrogens is 443 g/mol. The van der Waals surface area contributed by atoms with Gasteiger partial charge in [0.05, 0.1) is 5.56 Å². The number of nitrogens with zero attached hydrogens (tertiary/aromatic N) is 2. The van der Waals surface area contributed by atoms with Gasteiger partial charge in [0.15, 0.2) is 0 Å². The van der Waals surface area contributed by atoms with Crippen LogP contribution in [0.25, 0.3) is 0 Å². The molecule has 5 nitrogen and oxygen atoms in total. The van der Waals surface area contributed by atoms with Gasteiger partial charge in [-0.2, -0.15) is 13.2 Å². The number of hydrogen-bond donors (Lipinski definition) is 1. The van der Waals surface area contributed by atoms with Crippen molar-refractivity contribution in [1.29, 1.82) is 0 Å². The number of hydrogen-bond acceptors (Lipinski definition) is 3. The molecule has 1 fully saturated rings. The summed E-state index contributed by atoms with van der Waals surface area (Å²) in [7, 11) is 0. The Balaban J connectivity index is 1.63. The van der Waals surface area contributed by atoms with Crippen LogP contribution in [0.1, 0.15) is 29.8 Å². The van der Waals surface area contributed by atoms with Crippen LogP contribution < -0.4 is 10.2 Å². The van der Waals surface area contributed by atoms with Gasteiger partial charge in [-0.25, -0.2) is 0 Å². The van der Waals surface area contributed by atoms with Crippen molar-refractivity contribution in [1.82, 2.24) is 10.2 Å². The van der Waals surface area contributed by atoms with E-state index in [0.717, 1.165) is 12.1 Å². The molecule has 1 unspecified atom stereocenters. The van der Waals surface area contributed by atoms with Crippen LogP contribution in [-0.2, 0) is 11.0 Å². The summed E-state index contributed by atoms with van der Waals surface area (Å²) in [6, 6.07) is 10.9. The lowest BCUT2D eigenvalue weighted by molar-refractivity contribution is -0.137. The third-order valence-corrected chi connectivity index (χ3v) is 5.71. The molecule has 172 valence electrons. The molecule has 9 heteroatoms. The summed E-state index contributed by atoms with van der Waals surface area (Å²) in [4.78, 5) is 29.2. The van der Waals surface area contributed by atoms with E-state index in [0.29, 0.717) is 42.5 Å². The summed E-state index contributed by atoms with van der Waals surface area (Å²) in [6.45, 7) is 5.23. The minimum atomic E-state index is -4.40. The highest BCUT2D eigenvalue weighted by Gasteiger charge is 2.33. The van der Waals surface area contributed by atoms with Gasteiger partial charge in [0, 0.05) is 42.5 Å². The summed E-state index contributed by atoms with van der Waals surface area (Å²) in [5.74, 6) is -0.706. The van der Waals surface area contributed by atoms with E-state index >= 15 is 0 Å². The Hall–Kier alpha value is -2.74. The quantitative estimate of drug-likeness (QED) is 0.706. The maximum atomic E-state index is 13.1. The van der Waals surface area contributed by atoms with E-state index in [1.807, 2.05) is 18.7 Å². The molecule has 1 aliphatic rings. The fourth-order valence-corrected chi connectivity index (χ4v) is 3.73. The zero-order chi connectivity index (χ0) is 23.5. The number of anilines is 1. The molecule has 1 N–H and O–H groups in total. The van der Waals surface area contributed by atoms with Gasteiger partial charge in [0.2, 0.25) is 5.91 Å². The number of amides is 2. The van der Waals surface area contributed by atoms with Crippen LogP contribution in [0.2, 0.25) is 5.02 Å². The number of nitrogens with one attached hydrogen (secondary N) is 1. The monoisotopic (exact) mass is 467 g/mol. The van der Waals surface area contributed by atoms with Crippen LogP contribution in [-0.4, -0.2) is 48.9 Å². The van der Waals surface area contributed by atoms with Crippen molar-refractivity contribution < 1.29 is 22.8 Å². The number of piperazine rings is 1. The van der Waals surface area contributed by atoms with Crippen LogP contribution in [0.5, 0.6) is 0 Å². The molecule has 1 atom stereocenters. The van der Waals surface area contributed by atoms with Crippen LogP contribution in [0.3, 0.4) is 0 Å². The van der Waals surface area contributed by atoms with Crippen molar-refractivity contribution in [2.75, 3.05) is 31.1 Å². The van der Waals surface area contributed by atoms with Gasteiger partial charge in [-0.15, -0.1) is 0 Å². The summed E-state index contributed by atoms with van der Waals surface area (Å²) in [5, 5.41) is 3.32. The van der Waals surface area contributed by atoms with Gasteiger partial charge < -0.3 is 15.1 Å². The standard InChI is InChI=1S/C23H25ClF3N3O2/c1-15(2)20(28-21(31)16-6-8-18(24)9-7-16)22(32)30-12-10-29(11-13-30)19-5-3-4-17(14-19)23(25,26)27/h3-9,14-15,20H,10-13H2,1-2H3,(H,28,31). The van der Waals surface area contributed by atoms with Crippen molar-refractivity contribution >= 4 is 29.1 Å².